The molecule has 0 amide bonds. The second-order valence-electron chi connectivity index (χ2n) is 4.94. The number of nitrogens with one attached hydrogen (secondary N) is 1. The minimum atomic E-state index is 0.894. The number of nitrogens with zero attached hydrogens (tertiary/aromatic N) is 3. The average molecular weight is 310 g/mol. The van der Waals surface area contributed by atoms with Gasteiger partial charge in [0.25, 0.3) is 0 Å². The first-order chi connectivity index (χ1) is 9.63. The van der Waals surface area contributed by atoms with E-state index in [0.29, 0.717) is 0 Å². The van der Waals surface area contributed by atoms with Crippen molar-refractivity contribution in [2.45, 2.75) is 33.2 Å². The molecule has 0 aliphatic carbocycles. The number of aryl methyl sites for hydroxylation is 1. The van der Waals surface area contributed by atoms with Crippen molar-refractivity contribution in [3.8, 4) is 10.6 Å². The Labute approximate surface area is 128 Å². The van der Waals surface area contributed by atoms with Crippen LogP contribution in [0.1, 0.15) is 31.0 Å². The van der Waals surface area contributed by atoms with Crippen LogP contribution in [0, 0.1) is 0 Å². The third-order valence-electron chi connectivity index (χ3n) is 2.74. The van der Waals surface area contributed by atoms with E-state index >= 15 is 0 Å². The van der Waals surface area contributed by atoms with Crippen LogP contribution in [-0.4, -0.2) is 35.5 Å². The molecule has 20 heavy (non-hydrogen) atoms. The van der Waals surface area contributed by atoms with Gasteiger partial charge >= 0.3 is 0 Å². The molecule has 2 rings (SSSR count). The number of hydrogen-bond acceptors (Lipinski definition) is 6. The zero-order chi connectivity index (χ0) is 14.5. The van der Waals surface area contributed by atoms with E-state index in [-0.39, 0.29) is 0 Å². The summed E-state index contributed by atoms with van der Waals surface area (Å²) in [6, 6.07) is 0. The third kappa shape index (κ3) is 3.77. The Bertz CT molecular complexity index is 545. The maximum absolute atomic E-state index is 4.79. The number of thiazole rings is 2. The first-order valence-corrected chi connectivity index (χ1v) is 8.66. The third-order valence-corrected chi connectivity index (χ3v) is 4.65. The van der Waals surface area contributed by atoms with Crippen LogP contribution >= 0.6 is 22.7 Å². The molecule has 0 bridgehead atoms. The SMILES string of the molecule is CCCc1nc(CN(C)C)sc1-c1csc(NCC)n1. The van der Waals surface area contributed by atoms with Crippen LogP contribution in [-0.2, 0) is 13.0 Å². The molecule has 4 nitrogen and oxygen atoms in total. The molecule has 0 saturated heterocycles. The molecule has 6 heteroatoms. The minimum Gasteiger partial charge on any atom is -0.362 e. The van der Waals surface area contributed by atoms with Gasteiger partial charge in [-0.1, -0.05) is 13.3 Å². The highest BCUT2D eigenvalue weighted by Gasteiger charge is 2.15. The van der Waals surface area contributed by atoms with Crippen LogP contribution in [0.25, 0.3) is 10.6 Å². The van der Waals surface area contributed by atoms with E-state index in [9.17, 15) is 0 Å². The Hall–Kier alpha value is -0.980. The van der Waals surface area contributed by atoms with Crippen molar-refractivity contribution in [1.82, 2.24) is 14.9 Å². The lowest BCUT2D eigenvalue weighted by molar-refractivity contribution is 0.401. The van der Waals surface area contributed by atoms with E-state index in [1.807, 2.05) is 0 Å². The van der Waals surface area contributed by atoms with Crippen molar-refractivity contribution >= 4 is 27.8 Å². The summed E-state index contributed by atoms with van der Waals surface area (Å²) in [5, 5.41) is 7.57. The topological polar surface area (TPSA) is 41.1 Å². The van der Waals surface area contributed by atoms with Crippen molar-refractivity contribution < 1.29 is 0 Å². The molecule has 2 aromatic heterocycles. The van der Waals surface area contributed by atoms with Gasteiger partial charge in [0.15, 0.2) is 5.13 Å². The molecule has 0 spiro atoms. The Morgan fingerprint density at radius 2 is 2.05 bits per heavy atom. The van der Waals surface area contributed by atoms with Gasteiger partial charge in [0.2, 0.25) is 0 Å². The molecular formula is C14H22N4S2. The summed E-state index contributed by atoms with van der Waals surface area (Å²) in [6.07, 6.45) is 2.13. The quantitative estimate of drug-likeness (QED) is 0.846. The van der Waals surface area contributed by atoms with Gasteiger partial charge in [-0.05, 0) is 27.4 Å². The zero-order valence-corrected chi connectivity index (χ0v) is 14.2. The monoisotopic (exact) mass is 310 g/mol. The van der Waals surface area contributed by atoms with Crippen molar-refractivity contribution in [2.75, 3.05) is 26.0 Å². The van der Waals surface area contributed by atoms with Gasteiger partial charge in [0.1, 0.15) is 5.01 Å². The van der Waals surface area contributed by atoms with Crippen molar-refractivity contribution in [3.05, 3.63) is 16.1 Å². The molecule has 0 aromatic carbocycles. The molecule has 0 unspecified atom stereocenters. The van der Waals surface area contributed by atoms with Crippen LogP contribution in [0.4, 0.5) is 5.13 Å². The molecule has 0 fully saturated rings. The Kier molecular flexibility index (Phi) is 5.51. The summed E-state index contributed by atoms with van der Waals surface area (Å²) in [5.41, 5.74) is 2.26. The zero-order valence-electron chi connectivity index (χ0n) is 12.6. The molecule has 2 heterocycles. The first-order valence-electron chi connectivity index (χ1n) is 6.97. The molecule has 0 saturated carbocycles. The van der Waals surface area contributed by atoms with E-state index in [0.717, 1.165) is 36.8 Å². The number of anilines is 1. The fourth-order valence-corrected chi connectivity index (χ4v) is 3.99. The van der Waals surface area contributed by atoms with Crippen LogP contribution in [0.15, 0.2) is 5.38 Å². The standard InChI is InChI=1S/C14H22N4S2/c1-5-7-10-13(20-12(16-10)8-18(3)4)11-9-19-14(17-11)15-6-2/h9H,5-8H2,1-4H3,(H,15,17). The predicted octanol–water partition coefficient (Wildman–Crippen LogP) is 3.71. The van der Waals surface area contributed by atoms with Crippen molar-refractivity contribution in [3.63, 3.8) is 0 Å². The molecule has 1 N–H and O–H groups in total. The molecule has 0 radical (unpaired) electrons. The molecule has 0 aliphatic rings. The van der Waals surface area contributed by atoms with Crippen molar-refractivity contribution in [2.24, 2.45) is 0 Å². The van der Waals surface area contributed by atoms with Crippen molar-refractivity contribution in [1.29, 1.82) is 0 Å². The van der Waals surface area contributed by atoms with E-state index in [4.69, 9.17) is 4.98 Å². The summed E-state index contributed by atoms with van der Waals surface area (Å²) < 4.78 is 0. The Morgan fingerprint density at radius 1 is 1.25 bits per heavy atom. The highest BCUT2D eigenvalue weighted by molar-refractivity contribution is 7.16. The Balaban J connectivity index is 2.29. The number of rotatable bonds is 7. The van der Waals surface area contributed by atoms with Crippen LogP contribution in [0.5, 0.6) is 0 Å². The van der Waals surface area contributed by atoms with Crippen LogP contribution in [0.3, 0.4) is 0 Å². The molecule has 2 aromatic rings. The second kappa shape index (κ2) is 7.15. The number of aromatic nitrogens is 2. The average Bonchev–Trinajstić information content (AvgIpc) is 2.97. The predicted molar refractivity (Wildman–Crippen MR) is 88.8 cm³/mol. The smallest absolute Gasteiger partial charge is 0.183 e. The highest BCUT2D eigenvalue weighted by Crippen LogP contribution is 2.33. The summed E-state index contributed by atoms with van der Waals surface area (Å²) in [5.74, 6) is 0. The van der Waals surface area contributed by atoms with E-state index in [1.54, 1.807) is 22.7 Å². The van der Waals surface area contributed by atoms with Crippen LogP contribution < -0.4 is 5.32 Å². The fraction of sp³-hybridized carbons (Fsp3) is 0.571. The summed E-state index contributed by atoms with van der Waals surface area (Å²) in [7, 11) is 4.15. The molecule has 110 valence electrons. The largest absolute Gasteiger partial charge is 0.362 e. The lowest BCUT2D eigenvalue weighted by Gasteiger charge is -2.04. The Morgan fingerprint density at radius 3 is 2.70 bits per heavy atom. The summed E-state index contributed by atoms with van der Waals surface area (Å²) in [6.45, 7) is 6.08. The lowest BCUT2D eigenvalue weighted by atomic mass is 10.2. The normalized spacial score (nSPS) is 11.2. The van der Waals surface area contributed by atoms with Gasteiger partial charge in [-0.15, -0.1) is 22.7 Å². The van der Waals surface area contributed by atoms with Gasteiger partial charge in [0, 0.05) is 18.5 Å². The van der Waals surface area contributed by atoms with E-state index in [2.05, 4.69) is 48.5 Å². The maximum Gasteiger partial charge on any atom is 0.183 e. The lowest BCUT2D eigenvalue weighted by Crippen LogP contribution is -2.10. The second-order valence-corrected chi connectivity index (χ2v) is 6.88. The molecular weight excluding hydrogens is 288 g/mol. The summed E-state index contributed by atoms with van der Waals surface area (Å²) in [4.78, 5) is 12.9. The van der Waals surface area contributed by atoms with E-state index < -0.39 is 0 Å². The fourth-order valence-electron chi connectivity index (χ4n) is 1.96. The van der Waals surface area contributed by atoms with Gasteiger partial charge in [-0.2, -0.15) is 0 Å². The summed E-state index contributed by atoms with van der Waals surface area (Å²) >= 11 is 3.44. The maximum atomic E-state index is 4.79. The first kappa shape index (κ1) is 15.4. The highest BCUT2D eigenvalue weighted by atomic mass is 32.1. The molecule has 0 atom stereocenters. The van der Waals surface area contributed by atoms with Gasteiger partial charge in [-0.25, -0.2) is 9.97 Å². The van der Waals surface area contributed by atoms with Gasteiger partial charge < -0.3 is 10.2 Å². The van der Waals surface area contributed by atoms with Gasteiger partial charge in [-0.3, -0.25) is 0 Å². The van der Waals surface area contributed by atoms with Gasteiger partial charge in [0.05, 0.1) is 16.3 Å². The molecule has 0 aliphatic heterocycles. The minimum absolute atomic E-state index is 0.894. The number of hydrogen-bond donors (Lipinski definition) is 1. The van der Waals surface area contributed by atoms with E-state index in [1.165, 1.54) is 15.6 Å². The van der Waals surface area contributed by atoms with Crippen LogP contribution in [0.2, 0.25) is 0 Å².